The second kappa shape index (κ2) is 44.5. The maximum absolute atomic E-state index is 12.3. The number of hydrogen-bond acceptors (Lipinski definition) is 18. The Labute approximate surface area is 571 Å². The van der Waals surface area contributed by atoms with Crippen LogP contribution in [0, 0.1) is 5.92 Å². The first-order chi connectivity index (χ1) is 46.4. The highest BCUT2D eigenvalue weighted by Crippen LogP contribution is 2.24. The number of hydrogen-bond donors (Lipinski definition) is 6. The van der Waals surface area contributed by atoms with Gasteiger partial charge in [0, 0.05) is 111 Å². The van der Waals surface area contributed by atoms with Gasteiger partial charge in [0.15, 0.2) is 0 Å². The Kier molecular flexibility index (Phi) is 36.8. The Bertz CT molecular complexity index is 2150. The lowest BCUT2D eigenvalue weighted by molar-refractivity contribution is -0.138. The van der Waals surface area contributed by atoms with Crippen molar-refractivity contribution in [2.75, 3.05) is 167 Å². The second-order valence-electron chi connectivity index (χ2n) is 28.3. The van der Waals surface area contributed by atoms with Gasteiger partial charge in [-0.05, 0) is 209 Å². The van der Waals surface area contributed by atoms with Crippen LogP contribution in [0.1, 0.15) is 180 Å². The molecule has 11 atom stereocenters. The van der Waals surface area contributed by atoms with Gasteiger partial charge < -0.3 is 89.7 Å². The van der Waals surface area contributed by atoms with Crippen LogP contribution < -0.4 is 31.9 Å². The Morgan fingerprint density at radius 1 is 0.263 bits per heavy atom. The third kappa shape index (κ3) is 27.1. The average molecular weight is 1340 g/mol. The van der Waals surface area contributed by atoms with Crippen LogP contribution in [-0.4, -0.2) is 299 Å². The fraction of sp³-hybridized carbons (Fsp3) is 0.915. The van der Waals surface area contributed by atoms with Crippen LogP contribution in [0.2, 0.25) is 0 Å². The fourth-order valence-electron chi connectivity index (χ4n) is 14.7. The minimum absolute atomic E-state index is 0.0123. The van der Waals surface area contributed by atoms with E-state index in [0.29, 0.717) is 18.1 Å². The molecule has 12 heterocycles. The van der Waals surface area contributed by atoms with E-state index in [0.717, 1.165) is 272 Å². The topological polar surface area (TPSA) is 253 Å². The summed E-state index contributed by atoms with van der Waals surface area (Å²) in [7, 11) is 11.2. The molecule has 0 aromatic carbocycles. The van der Waals surface area contributed by atoms with E-state index in [9.17, 15) is 28.8 Å². The van der Waals surface area contributed by atoms with Crippen molar-refractivity contribution in [2.24, 2.45) is 5.92 Å². The van der Waals surface area contributed by atoms with E-state index in [1.807, 2.05) is 71.7 Å². The van der Waals surface area contributed by atoms with Gasteiger partial charge in [-0.25, -0.2) is 0 Å². The summed E-state index contributed by atoms with van der Waals surface area (Å²) in [5.74, 6) is 2.15. The molecule has 12 aliphatic rings. The molecule has 95 heavy (non-hydrogen) atoms. The number of amides is 6. The molecule has 0 aromatic heterocycles. The first-order valence-electron chi connectivity index (χ1n) is 37.8. The van der Waals surface area contributed by atoms with Gasteiger partial charge >= 0.3 is 0 Å². The van der Waals surface area contributed by atoms with Crippen molar-refractivity contribution in [3.8, 4) is 0 Å². The molecule has 12 saturated heterocycles. The molecule has 12 fully saturated rings. The van der Waals surface area contributed by atoms with Gasteiger partial charge in [-0.15, -0.1) is 0 Å². The number of rotatable bonds is 18. The molecule has 0 radical (unpaired) electrons. The molecule has 12 aliphatic heterocycles. The van der Waals surface area contributed by atoms with Crippen molar-refractivity contribution in [1.29, 1.82) is 0 Å². The van der Waals surface area contributed by atoms with E-state index in [4.69, 9.17) is 28.4 Å². The van der Waals surface area contributed by atoms with Crippen molar-refractivity contribution >= 4 is 35.4 Å². The molecule has 0 spiro atoms. The van der Waals surface area contributed by atoms with Crippen LogP contribution in [0.4, 0.5) is 0 Å². The number of likely N-dealkylation sites (N-methyl/N-ethyl adjacent to an activating group) is 6. The van der Waals surface area contributed by atoms with Crippen molar-refractivity contribution < 1.29 is 57.2 Å². The molecule has 0 bridgehead atoms. The number of carbonyl (C=O) groups excluding carboxylic acids is 6. The summed E-state index contributed by atoms with van der Waals surface area (Å²) in [6.45, 7) is 16.2. The lowest BCUT2D eigenvalue weighted by atomic mass is 10.1. The zero-order valence-corrected chi connectivity index (χ0v) is 59.7. The van der Waals surface area contributed by atoms with Crippen LogP contribution in [0.15, 0.2) is 0 Å². The number of likely N-dealkylation sites (tertiary alicyclic amines) is 6. The van der Waals surface area contributed by atoms with Gasteiger partial charge in [-0.2, -0.15) is 0 Å². The van der Waals surface area contributed by atoms with Crippen LogP contribution in [0.5, 0.6) is 0 Å². The van der Waals surface area contributed by atoms with E-state index in [-0.39, 0.29) is 90.0 Å². The molecule has 0 aromatic rings. The third-order valence-corrected chi connectivity index (χ3v) is 21.1. The minimum atomic E-state index is 0.0123. The molecule has 0 saturated carbocycles. The number of nitrogens with one attached hydrogen (secondary N) is 6. The van der Waals surface area contributed by atoms with Crippen molar-refractivity contribution in [2.45, 2.75) is 247 Å². The molecular formula is C71H130N12O12. The molecule has 546 valence electrons. The lowest BCUT2D eigenvalue weighted by Gasteiger charge is -2.33. The second-order valence-corrected chi connectivity index (χ2v) is 28.3. The van der Waals surface area contributed by atoms with Gasteiger partial charge in [0.2, 0.25) is 35.4 Å². The normalized spacial score (nSPS) is 31.3. The smallest absolute Gasteiger partial charge is 0.239 e. The maximum atomic E-state index is 12.3. The number of epoxide rings is 1. The molecule has 11 unspecified atom stereocenters. The summed E-state index contributed by atoms with van der Waals surface area (Å²) in [5.41, 5.74) is 0. The summed E-state index contributed by atoms with van der Waals surface area (Å²) in [6, 6.07) is 0.126. The number of nitrogens with zero attached hydrogens (tertiary/aromatic N) is 6. The van der Waals surface area contributed by atoms with Crippen LogP contribution in [0.3, 0.4) is 0 Å². The summed E-state index contributed by atoms with van der Waals surface area (Å²) in [4.78, 5) is 84.8. The predicted molar refractivity (Wildman–Crippen MR) is 369 cm³/mol. The van der Waals surface area contributed by atoms with Crippen LogP contribution in [-0.2, 0) is 57.2 Å². The van der Waals surface area contributed by atoms with Crippen LogP contribution in [0.25, 0.3) is 0 Å². The predicted octanol–water partition coefficient (Wildman–Crippen LogP) is 4.06. The lowest BCUT2D eigenvalue weighted by Crippen LogP contribution is -2.48. The van der Waals surface area contributed by atoms with E-state index >= 15 is 0 Å². The highest BCUT2D eigenvalue weighted by molar-refractivity contribution is 5.84. The fourth-order valence-corrected chi connectivity index (χ4v) is 14.7. The molecule has 24 heteroatoms. The standard InChI is InChI=1S/C14H26N2O2.C13H24N2O2.C12H22N2O2.2C11H20N2O2.C10H18N2O2/c1-15-13-8-4-5-9-16(14(13)17)11-12-7-3-2-6-10-18-12;1-14-12-7-2-4-8-15(13(12)16)10-11-6-3-5-9-17-11;1-13-11-6-2-3-7-14(12(11)15)9-10-5-4-8-16-10;1-12-10-4-2-3-6-13(11(10)14)8-9-5-7-15-9;1-12-10-4-2-3-5-13(11(10)14)6-9-7-15-8-9;1-11-9-4-2-3-5-12(10(9)13)6-8-7-14-8/h12-13,15H,2-11H2,1H3;11-12,14H,2-10H2,1H3;10-11,13H,2-9H2,1H3;2*9-10,12H,2-8H2,1H3;8-9,11H,2-7H2,1H3. The van der Waals surface area contributed by atoms with Crippen molar-refractivity contribution in [1.82, 2.24) is 61.3 Å². The Morgan fingerprint density at radius 3 is 0.747 bits per heavy atom. The summed E-state index contributed by atoms with van der Waals surface area (Å²) < 4.78 is 32.8. The van der Waals surface area contributed by atoms with E-state index in [1.165, 1.54) is 32.1 Å². The van der Waals surface area contributed by atoms with Gasteiger partial charge in [-0.1, -0.05) is 12.8 Å². The Morgan fingerprint density at radius 2 is 0.505 bits per heavy atom. The van der Waals surface area contributed by atoms with Gasteiger partial charge in [-0.3, -0.25) is 28.8 Å². The van der Waals surface area contributed by atoms with Gasteiger partial charge in [0.1, 0.15) is 0 Å². The third-order valence-electron chi connectivity index (χ3n) is 21.1. The van der Waals surface area contributed by atoms with Gasteiger partial charge in [0.05, 0.1) is 86.6 Å². The van der Waals surface area contributed by atoms with E-state index in [2.05, 4.69) is 31.9 Å². The maximum Gasteiger partial charge on any atom is 0.239 e. The molecule has 6 amide bonds. The van der Waals surface area contributed by atoms with E-state index < -0.39 is 0 Å². The highest BCUT2D eigenvalue weighted by atomic mass is 16.6. The monoisotopic (exact) mass is 1340 g/mol. The Balaban J connectivity index is 0.000000161. The number of carbonyl (C=O) groups is 6. The number of ether oxygens (including phenoxy) is 6. The van der Waals surface area contributed by atoms with Crippen molar-refractivity contribution in [3.63, 3.8) is 0 Å². The summed E-state index contributed by atoms with van der Waals surface area (Å²) in [5, 5.41) is 18.7. The highest BCUT2D eigenvalue weighted by Gasteiger charge is 2.36. The Hall–Kier alpha value is -3.66. The molecule has 24 nitrogen and oxygen atoms in total. The zero-order chi connectivity index (χ0) is 67.6. The first kappa shape index (κ1) is 78.7. The quantitative estimate of drug-likeness (QED) is 0.106. The molecular weight excluding hydrogens is 1210 g/mol. The molecule has 6 N–H and O–H groups in total. The molecule has 0 aliphatic carbocycles. The summed E-state index contributed by atoms with van der Waals surface area (Å²) in [6.07, 6.45) is 32.5. The minimum Gasteiger partial charge on any atom is -0.381 e. The van der Waals surface area contributed by atoms with Crippen LogP contribution >= 0.6 is 0 Å². The zero-order valence-electron chi connectivity index (χ0n) is 59.7. The van der Waals surface area contributed by atoms with Gasteiger partial charge in [0.25, 0.3) is 0 Å². The SMILES string of the molecule is CNC1CCCCN(CC2CCCCCO2)C1=O.CNC1CCCCN(CC2CCCCO2)C1=O.CNC1CCCCN(CC2CCCO2)C1=O.CNC1CCCCN(CC2CCO2)C1=O.CNC1CCCCN(CC2CO2)C1=O.CNC1CCCCN(CC2COC2)C1=O. The average Bonchev–Trinajstić information content (AvgIpc) is 3.08. The van der Waals surface area contributed by atoms with E-state index in [1.54, 1.807) is 0 Å². The van der Waals surface area contributed by atoms with Crippen molar-refractivity contribution in [3.05, 3.63) is 0 Å². The first-order valence-corrected chi connectivity index (χ1v) is 37.8. The summed E-state index contributed by atoms with van der Waals surface area (Å²) >= 11 is 0. The largest absolute Gasteiger partial charge is 0.381 e. The molecule has 12 rings (SSSR count).